The van der Waals surface area contributed by atoms with Crippen LogP contribution in [-0.2, 0) is 13.1 Å². The van der Waals surface area contributed by atoms with E-state index in [4.69, 9.17) is 4.98 Å². The Balaban J connectivity index is 0.00000306. The van der Waals surface area contributed by atoms with E-state index in [0.717, 1.165) is 57.6 Å². The monoisotopic (exact) mass is 563 g/mol. The van der Waals surface area contributed by atoms with Crippen LogP contribution in [-0.4, -0.2) is 80.1 Å². The van der Waals surface area contributed by atoms with Gasteiger partial charge in [0.25, 0.3) is 0 Å². The number of hydrogen-bond donors (Lipinski definition) is 2. The van der Waals surface area contributed by atoms with E-state index in [2.05, 4.69) is 73.8 Å². The van der Waals surface area contributed by atoms with E-state index < -0.39 is 0 Å². The average molecular weight is 564 g/mol. The molecule has 180 valence electrons. The fraction of sp³-hybridized carbons (Fsp3) is 0.520. The SMILES string of the molecule is CN=C(NCc1cccnc1N1CCN(C)CC1)NCC1CCCN1Cc1ccccc1.I. The fourth-order valence-electron chi connectivity index (χ4n) is 4.64. The Hall–Kier alpha value is -1.91. The maximum atomic E-state index is 4.69. The minimum absolute atomic E-state index is 0. The van der Waals surface area contributed by atoms with Crippen molar-refractivity contribution in [3.05, 3.63) is 59.8 Å². The molecule has 2 aliphatic rings. The van der Waals surface area contributed by atoms with Crippen LogP contribution < -0.4 is 15.5 Å². The second-order valence-corrected chi connectivity index (χ2v) is 8.84. The van der Waals surface area contributed by atoms with Crippen LogP contribution in [0.5, 0.6) is 0 Å². The lowest BCUT2D eigenvalue weighted by molar-refractivity contribution is 0.245. The number of guanidine groups is 1. The lowest BCUT2D eigenvalue weighted by Crippen LogP contribution is -2.46. The molecule has 33 heavy (non-hydrogen) atoms. The standard InChI is InChI=1S/C25H37N7.HI/c1-26-25(29-19-23-11-7-13-32(23)20-21-8-4-3-5-9-21)28-18-22-10-6-12-27-24(22)31-16-14-30(2)15-17-31;/h3-6,8-10,12,23H,7,11,13-20H2,1-2H3,(H2,26,28,29);1H. The maximum absolute atomic E-state index is 4.69. The third-order valence-corrected chi connectivity index (χ3v) is 6.57. The lowest BCUT2D eigenvalue weighted by Gasteiger charge is -2.34. The van der Waals surface area contributed by atoms with Crippen molar-refractivity contribution in [2.45, 2.75) is 32.0 Å². The van der Waals surface area contributed by atoms with E-state index in [0.29, 0.717) is 12.6 Å². The highest BCUT2D eigenvalue weighted by molar-refractivity contribution is 14.0. The highest BCUT2D eigenvalue weighted by atomic mass is 127. The van der Waals surface area contributed by atoms with Gasteiger partial charge in [0, 0.05) is 70.7 Å². The van der Waals surface area contributed by atoms with Gasteiger partial charge in [0.2, 0.25) is 0 Å². The molecule has 1 unspecified atom stereocenters. The van der Waals surface area contributed by atoms with Crippen LogP contribution in [0.25, 0.3) is 0 Å². The maximum Gasteiger partial charge on any atom is 0.191 e. The van der Waals surface area contributed by atoms with Gasteiger partial charge in [0.1, 0.15) is 5.82 Å². The van der Waals surface area contributed by atoms with Crippen LogP contribution in [0.15, 0.2) is 53.7 Å². The summed E-state index contributed by atoms with van der Waals surface area (Å²) in [6, 6.07) is 15.5. The first-order valence-electron chi connectivity index (χ1n) is 11.8. The minimum Gasteiger partial charge on any atom is -0.355 e. The van der Waals surface area contributed by atoms with Gasteiger partial charge in [0.05, 0.1) is 0 Å². The Bertz CT molecular complexity index is 868. The lowest BCUT2D eigenvalue weighted by atomic mass is 10.2. The second-order valence-electron chi connectivity index (χ2n) is 8.84. The van der Waals surface area contributed by atoms with Crippen LogP contribution in [0.1, 0.15) is 24.0 Å². The zero-order valence-corrected chi connectivity index (χ0v) is 22.2. The van der Waals surface area contributed by atoms with Crippen LogP contribution in [0, 0.1) is 0 Å². The van der Waals surface area contributed by atoms with Crippen molar-refractivity contribution in [1.82, 2.24) is 25.4 Å². The van der Waals surface area contributed by atoms with Crippen molar-refractivity contribution in [1.29, 1.82) is 0 Å². The van der Waals surface area contributed by atoms with Crippen molar-refractivity contribution in [2.75, 3.05) is 58.3 Å². The van der Waals surface area contributed by atoms with Crippen molar-refractivity contribution in [3.8, 4) is 0 Å². The molecule has 7 nitrogen and oxygen atoms in total. The summed E-state index contributed by atoms with van der Waals surface area (Å²) in [7, 11) is 4.02. The van der Waals surface area contributed by atoms with Gasteiger partial charge in [-0.2, -0.15) is 0 Å². The van der Waals surface area contributed by atoms with Crippen molar-refractivity contribution >= 4 is 35.8 Å². The quantitative estimate of drug-likeness (QED) is 0.307. The Labute approximate surface area is 215 Å². The number of aromatic nitrogens is 1. The molecule has 2 saturated heterocycles. The summed E-state index contributed by atoms with van der Waals surface area (Å²) in [6.45, 7) is 8.00. The molecule has 1 aromatic carbocycles. The molecule has 0 saturated carbocycles. The molecule has 2 aliphatic heterocycles. The summed E-state index contributed by atoms with van der Waals surface area (Å²) < 4.78 is 0. The van der Waals surface area contributed by atoms with Crippen LogP contribution in [0.4, 0.5) is 5.82 Å². The van der Waals surface area contributed by atoms with E-state index in [1.165, 1.54) is 24.0 Å². The number of hydrogen-bond acceptors (Lipinski definition) is 5. The highest BCUT2D eigenvalue weighted by Gasteiger charge is 2.24. The molecule has 2 aromatic rings. The van der Waals surface area contributed by atoms with E-state index in [-0.39, 0.29) is 24.0 Å². The number of pyridine rings is 1. The molecule has 1 aromatic heterocycles. The Morgan fingerprint density at radius 2 is 1.82 bits per heavy atom. The van der Waals surface area contributed by atoms with E-state index >= 15 is 0 Å². The molecule has 4 rings (SSSR count). The van der Waals surface area contributed by atoms with Gasteiger partial charge in [-0.3, -0.25) is 9.89 Å². The fourth-order valence-corrected chi connectivity index (χ4v) is 4.64. The Morgan fingerprint density at radius 1 is 1.03 bits per heavy atom. The molecule has 0 spiro atoms. The number of piperazine rings is 1. The van der Waals surface area contributed by atoms with Gasteiger partial charge < -0.3 is 20.4 Å². The molecule has 2 fully saturated rings. The highest BCUT2D eigenvalue weighted by Crippen LogP contribution is 2.20. The number of nitrogens with one attached hydrogen (secondary N) is 2. The third-order valence-electron chi connectivity index (χ3n) is 6.57. The normalized spacial score (nSPS) is 19.9. The third kappa shape index (κ3) is 7.28. The molecule has 0 aliphatic carbocycles. The van der Waals surface area contributed by atoms with Crippen molar-refractivity contribution in [3.63, 3.8) is 0 Å². The van der Waals surface area contributed by atoms with Gasteiger partial charge >= 0.3 is 0 Å². The topological polar surface area (TPSA) is 59.0 Å². The average Bonchev–Trinajstić information content (AvgIpc) is 3.27. The molecular formula is C25H38IN7. The predicted molar refractivity (Wildman–Crippen MR) is 147 cm³/mol. The summed E-state index contributed by atoms with van der Waals surface area (Å²) in [6.07, 6.45) is 4.38. The van der Waals surface area contributed by atoms with E-state index in [9.17, 15) is 0 Å². The van der Waals surface area contributed by atoms with Crippen molar-refractivity contribution < 1.29 is 0 Å². The van der Waals surface area contributed by atoms with E-state index in [1.54, 1.807) is 0 Å². The first-order valence-corrected chi connectivity index (χ1v) is 11.8. The van der Waals surface area contributed by atoms with Gasteiger partial charge in [0.15, 0.2) is 5.96 Å². The predicted octanol–water partition coefficient (Wildman–Crippen LogP) is 2.78. The van der Waals surface area contributed by atoms with Crippen molar-refractivity contribution in [2.24, 2.45) is 4.99 Å². The number of likely N-dealkylation sites (N-methyl/N-ethyl adjacent to an activating group) is 1. The molecule has 0 amide bonds. The summed E-state index contributed by atoms with van der Waals surface area (Å²) in [5, 5.41) is 7.06. The molecule has 1 atom stereocenters. The van der Waals surface area contributed by atoms with Crippen LogP contribution in [0.2, 0.25) is 0 Å². The molecular weight excluding hydrogens is 525 g/mol. The van der Waals surface area contributed by atoms with Gasteiger partial charge in [-0.1, -0.05) is 36.4 Å². The molecule has 0 bridgehead atoms. The number of rotatable bonds is 7. The first kappa shape index (κ1) is 25.7. The summed E-state index contributed by atoms with van der Waals surface area (Å²) in [5.41, 5.74) is 2.60. The first-order chi connectivity index (χ1) is 15.7. The summed E-state index contributed by atoms with van der Waals surface area (Å²) in [5.74, 6) is 1.94. The number of anilines is 1. The van der Waals surface area contributed by atoms with Gasteiger partial charge in [-0.05, 0) is 38.1 Å². The molecule has 3 heterocycles. The smallest absolute Gasteiger partial charge is 0.191 e. The second kappa shape index (κ2) is 13.1. The largest absolute Gasteiger partial charge is 0.355 e. The zero-order valence-electron chi connectivity index (χ0n) is 19.9. The molecule has 2 N–H and O–H groups in total. The van der Waals surface area contributed by atoms with Crippen LogP contribution in [0.3, 0.4) is 0 Å². The van der Waals surface area contributed by atoms with E-state index in [1.807, 2.05) is 19.3 Å². The Kier molecular flexibility index (Phi) is 10.2. The zero-order chi connectivity index (χ0) is 22.2. The number of likely N-dealkylation sites (tertiary alicyclic amines) is 1. The van der Waals surface area contributed by atoms with Gasteiger partial charge in [-0.25, -0.2) is 4.98 Å². The number of nitrogens with zero attached hydrogens (tertiary/aromatic N) is 5. The Morgan fingerprint density at radius 3 is 2.58 bits per heavy atom. The number of benzene rings is 1. The van der Waals surface area contributed by atoms with Crippen LogP contribution >= 0.6 is 24.0 Å². The number of aliphatic imine (C=N–C) groups is 1. The number of halogens is 1. The molecule has 0 radical (unpaired) electrons. The van der Waals surface area contributed by atoms with Gasteiger partial charge in [-0.15, -0.1) is 24.0 Å². The molecule has 8 heteroatoms. The summed E-state index contributed by atoms with van der Waals surface area (Å²) in [4.78, 5) is 16.5. The minimum atomic E-state index is 0. The summed E-state index contributed by atoms with van der Waals surface area (Å²) >= 11 is 0.